The van der Waals surface area contributed by atoms with Gasteiger partial charge in [0.05, 0.1) is 11.4 Å². The van der Waals surface area contributed by atoms with Crippen molar-refractivity contribution >= 4 is 17.6 Å². The number of amides is 2. The lowest BCUT2D eigenvalue weighted by molar-refractivity contribution is 0.135. The number of halogens is 1. The first kappa shape index (κ1) is 12.1. The molecule has 2 N–H and O–H groups in total. The van der Waals surface area contributed by atoms with E-state index in [0.717, 1.165) is 0 Å². The van der Waals surface area contributed by atoms with E-state index < -0.39 is 12.1 Å². The smallest absolute Gasteiger partial charge is 0.340 e. The SMILES string of the molecule is CC(O)CN(CCCl)C(=O)NN=O. The van der Waals surface area contributed by atoms with Gasteiger partial charge < -0.3 is 10.0 Å². The summed E-state index contributed by atoms with van der Waals surface area (Å²) in [6.07, 6.45) is -0.666. The third kappa shape index (κ3) is 5.37. The summed E-state index contributed by atoms with van der Waals surface area (Å²) in [7, 11) is 0. The zero-order chi connectivity index (χ0) is 10.3. The molecular weight excluding hydrogens is 198 g/mol. The molecule has 0 aromatic rings. The highest BCUT2D eigenvalue weighted by Crippen LogP contribution is 1.94. The Balaban J connectivity index is 4.05. The average molecular weight is 210 g/mol. The number of urea groups is 1. The third-order valence-electron chi connectivity index (χ3n) is 1.27. The third-order valence-corrected chi connectivity index (χ3v) is 1.44. The van der Waals surface area contributed by atoms with Crippen LogP contribution in [-0.4, -0.2) is 41.1 Å². The molecule has 0 aromatic carbocycles. The highest BCUT2D eigenvalue weighted by molar-refractivity contribution is 6.18. The molecule has 7 heteroatoms. The van der Waals surface area contributed by atoms with Crippen LogP contribution >= 0.6 is 11.6 Å². The van der Waals surface area contributed by atoms with Crippen LogP contribution < -0.4 is 5.43 Å². The Kier molecular flexibility index (Phi) is 6.17. The Morgan fingerprint density at radius 2 is 2.38 bits per heavy atom. The number of rotatable bonds is 5. The molecule has 2 amide bonds. The molecule has 0 saturated carbocycles. The molecule has 0 heterocycles. The lowest BCUT2D eigenvalue weighted by Crippen LogP contribution is -2.42. The summed E-state index contributed by atoms with van der Waals surface area (Å²) in [5, 5.41) is 11.2. The molecule has 6 nitrogen and oxygen atoms in total. The van der Waals surface area contributed by atoms with Crippen molar-refractivity contribution in [2.75, 3.05) is 19.0 Å². The predicted octanol–water partition coefficient (Wildman–Crippen LogP) is 0.299. The maximum atomic E-state index is 11.0. The Morgan fingerprint density at radius 1 is 1.77 bits per heavy atom. The summed E-state index contributed by atoms with van der Waals surface area (Å²) in [4.78, 5) is 21.9. The van der Waals surface area contributed by atoms with Crippen LogP contribution in [0.5, 0.6) is 0 Å². The molecule has 13 heavy (non-hydrogen) atoms. The number of aliphatic hydroxyl groups is 1. The van der Waals surface area contributed by atoms with E-state index in [1.807, 2.05) is 0 Å². The van der Waals surface area contributed by atoms with Gasteiger partial charge in [0.15, 0.2) is 0 Å². The van der Waals surface area contributed by atoms with Gasteiger partial charge >= 0.3 is 6.03 Å². The molecule has 0 fully saturated rings. The highest BCUT2D eigenvalue weighted by atomic mass is 35.5. The number of nitrogens with one attached hydrogen (secondary N) is 1. The van der Waals surface area contributed by atoms with E-state index in [-0.39, 0.29) is 19.0 Å². The topological polar surface area (TPSA) is 82.0 Å². The molecule has 1 atom stereocenters. The summed E-state index contributed by atoms with van der Waals surface area (Å²) in [5.74, 6) is 0.235. The molecule has 0 aliphatic carbocycles. The largest absolute Gasteiger partial charge is 0.392 e. The fourth-order valence-corrected chi connectivity index (χ4v) is 1.01. The number of alkyl halides is 1. The fourth-order valence-electron chi connectivity index (χ4n) is 0.806. The summed E-state index contributed by atoms with van der Waals surface area (Å²) in [6.45, 7) is 1.91. The Bertz CT molecular complexity index is 177. The lowest BCUT2D eigenvalue weighted by atomic mass is 10.4. The summed E-state index contributed by atoms with van der Waals surface area (Å²) in [5.41, 5.74) is 1.72. The number of nitrogens with zero attached hydrogens (tertiary/aromatic N) is 2. The van der Waals surface area contributed by atoms with Gasteiger partial charge in [0.25, 0.3) is 0 Å². The Labute approximate surface area is 80.8 Å². The van der Waals surface area contributed by atoms with Gasteiger partial charge in [-0.25, -0.2) is 4.79 Å². The van der Waals surface area contributed by atoms with Crippen molar-refractivity contribution in [1.82, 2.24) is 10.3 Å². The van der Waals surface area contributed by atoms with Gasteiger partial charge in [-0.3, -0.25) is 0 Å². The minimum Gasteiger partial charge on any atom is -0.392 e. The number of carbonyl (C=O) groups is 1. The van der Waals surface area contributed by atoms with Crippen LogP contribution in [0.4, 0.5) is 4.79 Å². The Morgan fingerprint density at radius 3 is 2.77 bits per heavy atom. The van der Waals surface area contributed by atoms with Crippen molar-refractivity contribution in [3.8, 4) is 0 Å². The second-order valence-electron chi connectivity index (χ2n) is 2.49. The van der Waals surface area contributed by atoms with Crippen LogP contribution in [0.15, 0.2) is 5.29 Å². The van der Waals surface area contributed by atoms with Gasteiger partial charge in [-0.05, 0) is 6.92 Å². The minimum absolute atomic E-state index is 0.119. The van der Waals surface area contributed by atoms with Gasteiger partial charge in [0, 0.05) is 19.0 Å². The second kappa shape index (κ2) is 6.62. The van der Waals surface area contributed by atoms with Gasteiger partial charge in [-0.15, -0.1) is 16.5 Å². The molecule has 0 aliphatic heterocycles. The zero-order valence-corrected chi connectivity index (χ0v) is 7.99. The summed E-state index contributed by atoms with van der Waals surface area (Å²) in [6, 6.07) is -0.656. The fraction of sp³-hybridized carbons (Fsp3) is 0.833. The van der Waals surface area contributed by atoms with Crippen molar-refractivity contribution < 1.29 is 9.90 Å². The second-order valence-corrected chi connectivity index (χ2v) is 2.87. The van der Waals surface area contributed by atoms with E-state index in [4.69, 9.17) is 16.7 Å². The number of carbonyl (C=O) groups excluding carboxylic acids is 1. The average Bonchev–Trinajstić information content (AvgIpc) is 2.03. The lowest BCUT2D eigenvalue weighted by Gasteiger charge is -2.21. The first-order chi connectivity index (χ1) is 6.11. The normalized spacial score (nSPS) is 11.9. The van der Waals surface area contributed by atoms with Crippen LogP contribution in [0.3, 0.4) is 0 Å². The monoisotopic (exact) mass is 209 g/mol. The molecule has 0 saturated heterocycles. The number of hydrogen-bond donors (Lipinski definition) is 2. The van der Waals surface area contributed by atoms with Gasteiger partial charge in [-0.1, -0.05) is 0 Å². The van der Waals surface area contributed by atoms with E-state index >= 15 is 0 Å². The quantitative estimate of drug-likeness (QED) is 0.388. The minimum atomic E-state index is -0.666. The predicted molar refractivity (Wildman–Crippen MR) is 48.3 cm³/mol. The summed E-state index contributed by atoms with van der Waals surface area (Å²) < 4.78 is 0. The van der Waals surface area contributed by atoms with Gasteiger partial charge in [0.1, 0.15) is 0 Å². The molecule has 0 rings (SSSR count). The molecule has 0 bridgehead atoms. The zero-order valence-electron chi connectivity index (χ0n) is 7.23. The number of nitroso groups, excluding NO2 is 1. The first-order valence-electron chi connectivity index (χ1n) is 3.73. The Hall–Kier alpha value is -0.880. The molecular formula is C6H12ClN3O3. The van der Waals surface area contributed by atoms with E-state index in [2.05, 4.69) is 5.29 Å². The van der Waals surface area contributed by atoms with E-state index in [0.29, 0.717) is 0 Å². The van der Waals surface area contributed by atoms with Crippen LogP contribution in [0, 0.1) is 4.91 Å². The van der Waals surface area contributed by atoms with Crippen LogP contribution in [-0.2, 0) is 0 Å². The first-order valence-corrected chi connectivity index (χ1v) is 4.26. The standard InChI is InChI=1S/C6H12ClN3O3/c1-5(11)4-10(3-2-7)6(12)8-9-13/h5,11H,2-4H2,1H3,(H,8,12,13). The molecule has 0 aliphatic rings. The van der Waals surface area contributed by atoms with Crippen LogP contribution in [0.25, 0.3) is 0 Å². The van der Waals surface area contributed by atoms with Gasteiger partial charge in [0.2, 0.25) is 0 Å². The van der Waals surface area contributed by atoms with Crippen molar-refractivity contribution in [1.29, 1.82) is 0 Å². The van der Waals surface area contributed by atoms with E-state index in [9.17, 15) is 9.70 Å². The maximum Gasteiger partial charge on any atom is 0.340 e. The molecule has 0 spiro atoms. The van der Waals surface area contributed by atoms with E-state index in [1.165, 1.54) is 11.8 Å². The van der Waals surface area contributed by atoms with Crippen molar-refractivity contribution in [3.05, 3.63) is 4.91 Å². The number of aliphatic hydroxyl groups excluding tert-OH is 1. The van der Waals surface area contributed by atoms with Crippen molar-refractivity contribution in [2.45, 2.75) is 13.0 Å². The molecule has 76 valence electrons. The number of hydrogen-bond acceptors (Lipinski definition) is 4. The molecule has 0 aromatic heterocycles. The highest BCUT2D eigenvalue weighted by Gasteiger charge is 2.14. The van der Waals surface area contributed by atoms with Crippen molar-refractivity contribution in [2.24, 2.45) is 5.29 Å². The molecule has 1 unspecified atom stereocenters. The maximum absolute atomic E-state index is 11.0. The van der Waals surface area contributed by atoms with E-state index in [1.54, 1.807) is 5.43 Å². The van der Waals surface area contributed by atoms with Gasteiger partial charge in [-0.2, -0.15) is 5.43 Å². The van der Waals surface area contributed by atoms with Crippen molar-refractivity contribution in [3.63, 3.8) is 0 Å². The van der Waals surface area contributed by atoms with Crippen LogP contribution in [0.1, 0.15) is 6.92 Å². The van der Waals surface area contributed by atoms with Crippen LogP contribution in [0.2, 0.25) is 0 Å². The molecule has 0 radical (unpaired) electrons. The summed E-state index contributed by atoms with van der Waals surface area (Å²) >= 11 is 5.41.